The lowest BCUT2D eigenvalue weighted by Crippen LogP contribution is -2.27. The zero-order valence-corrected chi connectivity index (χ0v) is 13.0. The molecule has 0 radical (unpaired) electrons. The molecule has 1 aliphatic rings. The number of fused-ring (bicyclic) bond motifs is 1. The summed E-state index contributed by atoms with van der Waals surface area (Å²) in [4.78, 5) is 20.7. The van der Waals surface area contributed by atoms with Gasteiger partial charge < -0.3 is 4.90 Å². The fourth-order valence-electron chi connectivity index (χ4n) is 2.99. The molecule has 0 unspecified atom stereocenters. The van der Waals surface area contributed by atoms with E-state index in [1.54, 1.807) is 11.3 Å². The van der Waals surface area contributed by atoms with E-state index in [4.69, 9.17) is 4.98 Å². The van der Waals surface area contributed by atoms with E-state index in [1.807, 2.05) is 52.7 Å². The van der Waals surface area contributed by atoms with Gasteiger partial charge in [-0.25, -0.2) is 4.98 Å². The van der Waals surface area contributed by atoms with Crippen molar-refractivity contribution in [2.24, 2.45) is 0 Å². The summed E-state index contributed by atoms with van der Waals surface area (Å²) >= 11 is 1.65. The molecule has 1 saturated heterocycles. The number of hydrogen-bond acceptors (Lipinski definition) is 3. The van der Waals surface area contributed by atoms with Gasteiger partial charge in [0.05, 0.1) is 21.7 Å². The van der Waals surface area contributed by atoms with Crippen molar-refractivity contribution in [2.75, 3.05) is 13.1 Å². The molecule has 3 aromatic rings. The van der Waals surface area contributed by atoms with Crippen LogP contribution in [0.3, 0.4) is 0 Å². The summed E-state index contributed by atoms with van der Waals surface area (Å²) in [5.41, 5.74) is 2.54. The highest BCUT2D eigenvalue weighted by Crippen LogP contribution is 2.29. The summed E-state index contributed by atoms with van der Waals surface area (Å²) in [5.74, 6) is 0.133. The maximum Gasteiger partial charge on any atom is 0.254 e. The average Bonchev–Trinajstić information content (AvgIpc) is 3.26. The molecule has 22 heavy (non-hydrogen) atoms. The number of aromatic nitrogens is 1. The second kappa shape index (κ2) is 5.54. The van der Waals surface area contributed by atoms with Crippen LogP contribution in [0.1, 0.15) is 23.2 Å². The predicted molar refractivity (Wildman–Crippen MR) is 90.2 cm³/mol. The molecule has 4 rings (SSSR count). The molecule has 1 fully saturated rings. The highest BCUT2D eigenvalue weighted by atomic mass is 32.1. The van der Waals surface area contributed by atoms with Gasteiger partial charge in [-0.1, -0.05) is 24.3 Å². The number of pyridine rings is 1. The minimum absolute atomic E-state index is 0.133. The zero-order chi connectivity index (χ0) is 14.9. The highest BCUT2D eigenvalue weighted by Gasteiger charge is 2.22. The van der Waals surface area contributed by atoms with Crippen LogP contribution in [0.4, 0.5) is 0 Å². The Morgan fingerprint density at radius 2 is 1.91 bits per heavy atom. The van der Waals surface area contributed by atoms with Crippen molar-refractivity contribution in [3.8, 4) is 10.6 Å². The second-order valence-corrected chi connectivity index (χ2v) is 6.50. The van der Waals surface area contributed by atoms with E-state index >= 15 is 0 Å². The van der Waals surface area contributed by atoms with Crippen molar-refractivity contribution in [3.05, 3.63) is 53.4 Å². The van der Waals surface area contributed by atoms with Crippen molar-refractivity contribution in [1.82, 2.24) is 9.88 Å². The van der Waals surface area contributed by atoms with E-state index in [1.165, 1.54) is 0 Å². The first kappa shape index (κ1) is 13.5. The maximum atomic E-state index is 12.9. The molecule has 2 aromatic heterocycles. The van der Waals surface area contributed by atoms with Gasteiger partial charge in [0.15, 0.2) is 0 Å². The first-order valence-corrected chi connectivity index (χ1v) is 8.44. The van der Waals surface area contributed by atoms with Crippen LogP contribution in [0.25, 0.3) is 21.5 Å². The van der Waals surface area contributed by atoms with Crippen LogP contribution >= 0.6 is 11.3 Å². The molecule has 4 heteroatoms. The van der Waals surface area contributed by atoms with Gasteiger partial charge in [-0.2, -0.15) is 0 Å². The van der Waals surface area contributed by atoms with Gasteiger partial charge in [0, 0.05) is 18.5 Å². The predicted octanol–water partition coefficient (Wildman–Crippen LogP) is 4.20. The van der Waals surface area contributed by atoms with Gasteiger partial charge in [-0.05, 0) is 36.4 Å². The molecule has 0 aliphatic carbocycles. The van der Waals surface area contributed by atoms with Gasteiger partial charge in [0.2, 0.25) is 0 Å². The summed E-state index contributed by atoms with van der Waals surface area (Å²) in [6.07, 6.45) is 2.21. The van der Waals surface area contributed by atoms with Gasteiger partial charge in [0.25, 0.3) is 5.91 Å². The number of para-hydroxylation sites is 1. The number of benzene rings is 1. The van der Waals surface area contributed by atoms with Crippen molar-refractivity contribution in [2.45, 2.75) is 12.8 Å². The number of nitrogens with zero attached hydrogens (tertiary/aromatic N) is 2. The molecule has 3 heterocycles. The van der Waals surface area contributed by atoms with E-state index in [2.05, 4.69) is 0 Å². The minimum Gasteiger partial charge on any atom is -0.339 e. The SMILES string of the molecule is O=C(c1cc(-c2cccs2)nc2ccccc12)N1CCCC1. The summed E-state index contributed by atoms with van der Waals surface area (Å²) in [7, 11) is 0. The molecule has 1 aromatic carbocycles. The molecule has 1 amide bonds. The lowest BCUT2D eigenvalue weighted by atomic mass is 10.1. The number of thiophene rings is 1. The van der Waals surface area contributed by atoms with Crippen LogP contribution in [-0.4, -0.2) is 28.9 Å². The topological polar surface area (TPSA) is 33.2 Å². The number of hydrogen-bond donors (Lipinski definition) is 0. The van der Waals surface area contributed by atoms with Crippen molar-refractivity contribution in [3.63, 3.8) is 0 Å². The first-order valence-electron chi connectivity index (χ1n) is 7.56. The quantitative estimate of drug-likeness (QED) is 0.711. The molecule has 0 spiro atoms. The standard InChI is InChI=1S/C18H16N2OS/c21-18(20-9-3-4-10-20)14-12-16(17-8-5-11-22-17)19-15-7-2-1-6-13(14)15/h1-2,5-8,11-12H,3-4,9-10H2. The molecular formula is C18H16N2OS. The molecule has 3 nitrogen and oxygen atoms in total. The number of amides is 1. The van der Waals surface area contributed by atoms with Crippen LogP contribution in [0, 0.1) is 0 Å². The summed E-state index contributed by atoms with van der Waals surface area (Å²) in [5, 5.41) is 2.98. The van der Waals surface area contributed by atoms with Crippen LogP contribution in [0.15, 0.2) is 47.8 Å². The Labute approximate surface area is 133 Å². The minimum atomic E-state index is 0.133. The smallest absolute Gasteiger partial charge is 0.254 e. The first-order chi connectivity index (χ1) is 10.8. The van der Waals surface area contributed by atoms with Crippen molar-refractivity contribution < 1.29 is 4.79 Å². The third kappa shape index (κ3) is 2.29. The fraction of sp³-hybridized carbons (Fsp3) is 0.222. The van der Waals surface area contributed by atoms with E-state index in [-0.39, 0.29) is 5.91 Å². The van der Waals surface area contributed by atoms with Gasteiger partial charge in [0.1, 0.15) is 0 Å². The highest BCUT2D eigenvalue weighted by molar-refractivity contribution is 7.13. The van der Waals surface area contributed by atoms with Crippen LogP contribution < -0.4 is 0 Å². The lowest BCUT2D eigenvalue weighted by molar-refractivity contribution is 0.0794. The van der Waals surface area contributed by atoms with E-state index < -0.39 is 0 Å². The van der Waals surface area contributed by atoms with E-state index in [0.717, 1.165) is 53.0 Å². The van der Waals surface area contributed by atoms with Gasteiger partial charge >= 0.3 is 0 Å². The van der Waals surface area contributed by atoms with Gasteiger partial charge in [-0.3, -0.25) is 4.79 Å². The van der Waals surface area contributed by atoms with Crippen molar-refractivity contribution >= 4 is 28.1 Å². The largest absolute Gasteiger partial charge is 0.339 e. The number of rotatable bonds is 2. The second-order valence-electron chi connectivity index (χ2n) is 5.55. The Balaban J connectivity index is 1.89. The third-order valence-corrected chi connectivity index (χ3v) is 5.01. The molecule has 0 atom stereocenters. The Bertz CT molecular complexity index is 820. The normalized spacial score (nSPS) is 14.6. The molecule has 0 saturated carbocycles. The maximum absolute atomic E-state index is 12.9. The Morgan fingerprint density at radius 1 is 1.09 bits per heavy atom. The number of carbonyl (C=O) groups is 1. The third-order valence-electron chi connectivity index (χ3n) is 4.11. The van der Waals surface area contributed by atoms with Crippen LogP contribution in [0.2, 0.25) is 0 Å². The van der Waals surface area contributed by atoms with E-state index in [9.17, 15) is 4.79 Å². The summed E-state index contributed by atoms with van der Waals surface area (Å²) < 4.78 is 0. The Hall–Kier alpha value is -2.20. The fourth-order valence-corrected chi connectivity index (χ4v) is 3.68. The molecule has 1 aliphatic heterocycles. The van der Waals surface area contributed by atoms with Gasteiger partial charge in [-0.15, -0.1) is 11.3 Å². The number of carbonyl (C=O) groups excluding carboxylic acids is 1. The molecule has 0 N–H and O–H groups in total. The average molecular weight is 308 g/mol. The monoisotopic (exact) mass is 308 g/mol. The Kier molecular flexibility index (Phi) is 3.39. The molecule has 110 valence electrons. The number of likely N-dealkylation sites (tertiary alicyclic amines) is 1. The van der Waals surface area contributed by atoms with Crippen LogP contribution in [0.5, 0.6) is 0 Å². The lowest BCUT2D eigenvalue weighted by Gasteiger charge is -2.17. The van der Waals surface area contributed by atoms with Crippen molar-refractivity contribution in [1.29, 1.82) is 0 Å². The Morgan fingerprint density at radius 3 is 2.68 bits per heavy atom. The summed E-state index contributed by atoms with van der Waals surface area (Å²) in [6, 6.07) is 13.9. The molecule has 0 bridgehead atoms. The van der Waals surface area contributed by atoms with E-state index in [0.29, 0.717) is 0 Å². The summed E-state index contributed by atoms with van der Waals surface area (Å²) in [6.45, 7) is 1.73. The van der Waals surface area contributed by atoms with Crippen LogP contribution in [-0.2, 0) is 0 Å². The molecular weight excluding hydrogens is 292 g/mol. The zero-order valence-electron chi connectivity index (χ0n) is 12.2.